The van der Waals surface area contributed by atoms with Crippen LogP contribution in [0.4, 0.5) is 9.18 Å². The van der Waals surface area contributed by atoms with Gasteiger partial charge in [-0.15, -0.1) is 0 Å². The maximum absolute atomic E-state index is 14.1. The van der Waals surface area contributed by atoms with Gasteiger partial charge in [0.2, 0.25) is 0 Å². The van der Waals surface area contributed by atoms with Gasteiger partial charge in [0, 0.05) is 11.6 Å². The van der Waals surface area contributed by atoms with Gasteiger partial charge in [0.15, 0.2) is 11.6 Å². The van der Waals surface area contributed by atoms with Crippen LogP contribution in [0, 0.1) is 18.7 Å². The molecular weight excluding hydrogens is 339 g/mol. The second-order valence-electron chi connectivity index (χ2n) is 8.05. The summed E-state index contributed by atoms with van der Waals surface area (Å²) in [5, 5.41) is 0. The van der Waals surface area contributed by atoms with Crippen molar-refractivity contribution < 1.29 is 23.5 Å². The molecule has 0 spiro atoms. The molecule has 0 N–H and O–H groups in total. The number of piperidine rings is 1. The third-order valence-corrected chi connectivity index (χ3v) is 4.71. The van der Waals surface area contributed by atoms with E-state index in [1.165, 1.54) is 6.07 Å². The Morgan fingerprint density at radius 2 is 1.85 bits per heavy atom. The second kappa shape index (κ2) is 6.95. The van der Waals surface area contributed by atoms with Gasteiger partial charge in [-0.05, 0) is 52.7 Å². The SMILES string of the molecule is Cc1ccc(F)c(C(=O)C2CC3COCC(C2)N3C(=O)OC(C)(C)C)n1. The molecule has 0 aromatic carbocycles. The number of carbonyl (C=O) groups is 2. The van der Waals surface area contributed by atoms with E-state index in [1.807, 2.05) is 20.8 Å². The van der Waals surface area contributed by atoms with Gasteiger partial charge >= 0.3 is 6.09 Å². The molecule has 2 unspecified atom stereocenters. The number of fused-ring (bicyclic) bond motifs is 2. The molecular formula is C19H25FN2O4. The minimum absolute atomic E-state index is 0.111. The van der Waals surface area contributed by atoms with Crippen molar-refractivity contribution in [1.29, 1.82) is 0 Å². The molecule has 0 saturated carbocycles. The van der Waals surface area contributed by atoms with Gasteiger partial charge in [-0.1, -0.05) is 0 Å². The van der Waals surface area contributed by atoms with Crippen LogP contribution in [0.15, 0.2) is 12.1 Å². The number of pyridine rings is 1. The predicted octanol–water partition coefficient (Wildman–Crippen LogP) is 3.13. The quantitative estimate of drug-likeness (QED) is 0.754. The minimum Gasteiger partial charge on any atom is -0.444 e. The van der Waals surface area contributed by atoms with E-state index in [2.05, 4.69) is 4.98 Å². The van der Waals surface area contributed by atoms with Crippen LogP contribution in [-0.4, -0.2) is 52.7 Å². The highest BCUT2D eigenvalue weighted by Gasteiger charge is 2.45. The van der Waals surface area contributed by atoms with E-state index in [1.54, 1.807) is 17.9 Å². The molecule has 142 valence electrons. The van der Waals surface area contributed by atoms with E-state index in [4.69, 9.17) is 9.47 Å². The number of ketones is 1. The molecule has 0 radical (unpaired) electrons. The normalized spacial score (nSPS) is 25.7. The summed E-state index contributed by atoms with van der Waals surface area (Å²) in [4.78, 5) is 31.2. The Hall–Kier alpha value is -2.02. The van der Waals surface area contributed by atoms with Crippen LogP contribution in [-0.2, 0) is 9.47 Å². The largest absolute Gasteiger partial charge is 0.444 e. The summed E-state index contributed by atoms with van der Waals surface area (Å²) in [6.07, 6.45) is 0.453. The third-order valence-electron chi connectivity index (χ3n) is 4.71. The molecule has 3 heterocycles. The highest BCUT2D eigenvalue weighted by Crippen LogP contribution is 2.34. The van der Waals surface area contributed by atoms with E-state index in [0.29, 0.717) is 31.7 Å². The molecule has 6 nitrogen and oxygen atoms in total. The fraction of sp³-hybridized carbons (Fsp3) is 0.632. The van der Waals surface area contributed by atoms with Crippen molar-refractivity contribution >= 4 is 11.9 Å². The third kappa shape index (κ3) is 3.87. The summed E-state index contributed by atoms with van der Waals surface area (Å²) in [5.74, 6) is -1.28. The number of rotatable bonds is 2. The summed E-state index contributed by atoms with van der Waals surface area (Å²) in [6, 6.07) is 2.31. The van der Waals surface area contributed by atoms with Crippen molar-refractivity contribution in [3.8, 4) is 0 Å². The summed E-state index contributed by atoms with van der Waals surface area (Å²) < 4.78 is 25.1. The first-order chi connectivity index (χ1) is 12.2. The topological polar surface area (TPSA) is 68.7 Å². The first-order valence-corrected chi connectivity index (χ1v) is 8.92. The average Bonchev–Trinajstić information content (AvgIpc) is 2.53. The van der Waals surface area contributed by atoms with Gasteiger partial charge in [-0.3, -0.25) is 9.69 Å². The van der Waals surface area contributed by atoms with Crippen molar-refractivity contribution in [1.82, 2.24) is 9.88 Å². The molecule has 2 bridgehead atoms. The van der Waals surface area contributed by atoms with Crippen molar-refractivity contribution in [2.24, 2.45) is 5.92 Å². The fourth-order valence-corrected chi connectivity index (χ4v) is 3.65. The molecule has 2 fully saturated rings. The number of amides is 1. The van der Waals surface area contributed by atoms with E-state index in [0.717, 1.165) is 0 Å². The lowest BCUT2D eigenvalue weighted by Gasteiger charge is -2.47. The minimum atomic E-state index is -0.600. The number of hydrogen-bond acceptors (Lipinski definition) is 5. The van der Waals surface area contributed by atoms with Crippen LogP contribution in [0.2, 0.25) is 0 Å². The van der Waals surface area contributed by atoms with E-state index in [-0.39, 0.29) is 35.6 Å². The van der Waals surface area contributed by atoms with Crippen molar-refractivity contribution in [2.75, 3.05) is 13.2 Å². The molecule has 3 rings (SSSR count). The van der Waals surface area contributed by atoms with E-state index in [9.17, 15) is 14.0 Å². The number of morpholine rings is 1. The van der Waals surface area contributed by atoms with Gasteiger partial charge in [-0.2, -0.15) is 0 Å². The molecule has 1 aromatic heterocycles. The lowest BCUT2D eigenvalue weighted by molar-refractivity contribution is -0.0861. The highest BCUT2D eigenvalue weighted by molar-refractivity contribution is 5.96. The maximum atomic E-state index is 14.1. The average molecular weight is 364 g/mol. The number of ether oxygens (including phenoxy) is 2. The van der Waals surface area contributed by atoms with E-state index >= 15 is 0 Å². The lowest BCUT2D eigenvalue weighted by Crippen LogP contribution is -2.60. The maximum Gasteiger partial charge on any atom is 0.410 e. The van der Waals surface area contributed by atoms with E-state index < -0.39 is 11.4 Å². The van der Waals surface area contributed by atoms with Crippen LogP contribution in [0.1, 0.15) is 49.8 Å². The summed E-state index contributed by atoms with van der Waals surface area (Å²) in [6.45, 7) is 7.88. The van der Waals surface area contributed by atoms with Crippen molar-refractivity contribution in [3.63, 3.8) is 0 Å². The second-order valence-corrected chi connectivity index (χ2v) is 8.05. The van der Waals surface area contributed by atoms with Crippen molar-refractivity contribution in [3.05, 3.63) is 29.3 Å². The Bertz CT molecular complexity index is 702. The zero-order valence-electron chi connectivity index (χ0n) is 15.6. The molecule has 2 atom stereocenters. The first-order valence-electron chi connectivity index (χ1n) is 8.92. The van der Waals surface area contributed by atoms with Gasteiger partial charge in [-0.25, -0.2) is 14.2 Å². The molecule has 0 aliphatic carbocycles. The smallest absolute Gasteiger partial charge is 0.410 e. The zero-order chi connectivity index (χ0) is 19.1. The molecule has 2 aliphatic rings. The number of aryl methyl sites for hydroxylation is 1. The lowest BCUT2D eigenvalue weighted by atomic mass is 9.81. The summed E-state index contributed by atoms with van der Waals surface area (Å²) in [5.41, 5.74) is -0.0998. The molecule has 2 aliphatic heterocycles. The Kier molecular flexibility index (Phi) is 5.01. The first kappa shape index (κ1) is 18.8. The fourth-order valence-electron chi connectivity index (χ4n) is 3.65. The number of Topliss-reactive ketones (excluding diaryl/α,β-unsaturated/α-hetero) is 1. The van der Waals surface area contributed by atoms with Gasteiger partial charge < -0.3 is 9.47 Å². The molecule has 1 aromatic rings. The van der Waals surface area contributed by atoms with Crippen LogP contribution in [0.3, 0.4) is 0 Å². The standard InChI is InChI=1S/C19H25FN2O4/c1-11-5-6-15(20)16(21-11)17(23)12-7-13-9-25-10-14(8-12)22(13)18(24)26-19(2,3)4/h5-6,12-14H,7-10H2,1-4H3. The summed E-state index contributed by atoms with van der Waals surface area (Å²) >= 11 is 0. The van der Waals surface area contributed by atoms with Crippen LogP contribution < -0.4 is 0 Å². The number of aromatic nitrogens is 1. The number of nitrogens with zero attached hydrogens (tertiary/aromatic N) is 2. The van der Waals surface area contributed by atoms with Crippen LogP contribution in [0.25, 0.3) is 0 Å². The molecule has 1 amide bonds. The van der Waals surface area contributed by atoms with Gasteiger partial charge in [0.05, 0.1) is 25.3 Å². The van der Waals surface area contributed by atoms with Gasteiger partial charge in [0.1, 0.15) is 11.3 Å². The molecule has 2 saturated heterocycles. The Labute approximate surface area is 152 Å². The number of carbonyl (C=O) groups excluding carboxylic acids is 2. The highest BCUT2D eigenvalue weighted by atomic mass is 19.1. The van der Waals surface area contributed by atoms with Gasteiger partial charge in [0.25, 0.3) is 0 Å². The zero-order valence-corrected chi connectivity index (χ0v) is 15.6. The van der Waals surface area contributed by atoms with Crippen LogP contribution >= 0.6 is 0 Å². The Balaban J connectivity index is 1.78. The Morgan fingerprint density at radius 1 is 1.23 bits per heavy atom. The number of halogens is 1. The monoisotopic (exact) mass is 364 g/mol. The van der Waals surface area contributed by atoms with Crippen molar-refractivity contribution in [2.45, 2.75) is 58.2 Å². The van der Waals surface area contributed by atoms with Crippen LogP contribution in [0.5, 0.6) is 0 Å². The molecule has 26 heavy (non-hydrogen) atoms. The summed E-state index contributed by atoms with van der Waals surface area (Å²) in [7, 11) is 0. The number of hydrogen-bond donors (Lipinski definition) is 0. The molecule has 7 heteroatoms. The predicted molar refractivity (Wildman–Crippen MR) is 92.5 cm³/mol. The Morgan fingerprint density at radius 3 is 2.42 bits per heavy atom.